The highest BCUT2D eigenvalue weighted by atomic mass is 79.9. The average molecular weight is 326 g/mol. The Labute approximate surface area is 118 Å². The number of non-ortho nitro benzene ring substituents is 1. The largest absolute Gasteiger partial charge is 0.361 e. The van der Waals surface area contributed by atoms with Crippen LogP contribution in [0.2, 0.25) is 0 Å². The zero-order valence-corrected chi connectivity index (χ0v) is 11.8. The summed E-state index contributed by atoms with van der Waals surface area (Å²) >= 11 is 3.33. The van der Waals surface area contributed by atoms with Crippen LogP contribution in [0.1, 0.15) is 17.0 Å². The molecule has 0 bridgehead atoms. The van der Waals surface area contributed by atoms with Crippen LogP contribution in [0.4, 0.5) is 5.69 Å². The number of hydrogen-bond acceptors (Lipinski definition) is 5. The summed E-state index contributed by atoms with van der Waals surface area (Å²) in [7, 11) is 0. The predicted molar refractivity (Wildman–Crippen MR) is 72.6 cm³/mol. The normalized spacial score (nSPS) is 10.6. The standard InChI is InChI=1S/C12H12BrN3O3/c1-8-4-10(15-19-8)7-14-6-9-2-3-11(16(17)18)5-12(9)13/h2-5,14H,6-7H2,1H3. The molecule has 2 rings (SSSR count). The molecule has 0 aliphatic rings. The van der Waals surface area contributed by atoms with Gasteiger partial charge in [-0.25, -0.2) is 0 Å². The lowest BCUT2D eigenvalue weighted by Gasteiger charge is -2.05. The van der Waals surface area contributed by atoms with Gasteiger partial charge in [-0.15, -0.1) is 0 Å². The highest BCUT2D eigenvalue weighted by Gasteiger charge is 2.09. The summed E-state index contributed by atoms with van der Waals surface area (Å²) in [6.45, 7) is 3.01. The Morgan fingerprint density at radius 2 is 2.21 bits per heavy atom. The van der Waals surface area contributed by atoms with E-state index in [1.807, 2.05) is 13.0 Å². The molecule has 1 aromatic carbocycles. The van der Waals surface area contributed by atoms with Crippen LogP contribution in [-0.2, 0) is 13.1 Å². The second-order valence-corrected chi connectivity index (χ2v) is 4.92. The smallest absolute Gasteiger partial charge is 0.270 e. The Kier molecular flexibility index (Phi) is 4.28. The van der Waals surface area contributed by atoms with Crippen molar-refractivity contribution in [2.75, 3.05) is 0 Å². The van der Waals surface area contributed by atoms with Gasteiger partial charge < -0.3 is 9.84 Å². The van der Waals surface area contributed by atoms with Crippen molar-refractivity contribution in [3.05, 3.63) is 55.9 Å². The van der Waals surface area contributed by atoms with Crippen molar-refractivity contribution in [2.24, 2.45) is 0 Å². The van der Waals surface area contributed by atoms with Gasteiger partial charge in [0.1, 0.15) is 5.76 Å². The van der Waals surface area contributed by atoms with Gasteiger partial charge >= 0.3 is 0 Å². The Morgan fingerprint density at radius 1 is 1.42 bits per heavy atom. The maximum atomic E-state index is 10.6. The first-order valence-electron chi connectivity index (χ1n) is 5.62. The molecule has 0 aliphatic carbocycles. The van der Waals surface area contributed by atoms with Crippen LogP contribution in [0.25, 0.3) is 0 Å². The van der Waals surface area contributed by atoms with Crippen molar-refractivity contribution < 1.29 is 9.45 Å². The van der Waals surface area contributed by atoms with Crippen molar-refractivity contribution in [1.82, 2.24) is 10.5 Å². The van der Waals surface area contributed by atoms with Crippen LogP contribution < -0.4 is 5.32 Å². The third-order valence-electron chi connectivity index (χ3n) is 2.55. The quantitative estimate of drug-likeness (QED) is 0.675. The van der Waals surface area contributed by atoms with Crippen LogP contribution in [0.3, 0.4) is 0 Å². The molecule has 0 fully saturated rings. The van der Waals surface area contributed by atoms with Gasteiger partial charge in [-0.2, -0.15) is 0 Å². The van der Waals surface area contributed by atoms with E-state index in [-0.39, 0.29) is 5.69 Å². The zero-order valence-electron chi connectivity index (χ0n) is 10.2. The number of rotatable bonds is 5. The molecule has 100 valence electrons. The first-order chi connectivity index (χ1) is 9.06. The molecule has 0 amide bonds. The van der Waals surface area contributed by atoms with Crippen molar-refractivity contribution in [2.45, 2.75) is 20.0 Å². The minimum Gasteiger partial charge on any atom is -0.361 e. The van der Waals surface area contributed by atoms with Gasteiger partial charge in [-0.3, -0.25) is 10.1 Å². The fourth-order valence-electron chi connectivity index (χ4n) is 1.62. The Balaban J connectivity index is 1.94. The van der Waals surface area contributed by atoms with Gasteiger partial charge in [0.15, 0.2) is 0 Å². The van der Waals surface area contributed by atoms with Crippen LogP contribution >= 0.6 is 15.9 Å². The molecular weight excluding hydrogens is 314 g/mol. The maximum Gasteiger partial charge on any atom is 0.270 e. The monoisotopic (exact) mass is 325 g/mol. The summed E-state index contributed by atoms with van der Waals surface area (Å²) in [4.78, 5) is 10.2. The fraction of sp³-hybridized carbons (Fsp3) is 0.250. The summed E-state index contributed by atoms with van der Waals surface area (Å²) in [6, 6.07) is 6.57. The molecule has 0 spiro atoms. The van der Waals surface area contributed by atoms with Crippen LogP contribution in [0.5, 0.6) is 0 Å². The minimum absolute atomic E-state index is 0.0720. The van der Waals surface area contributed by atoms with Crippen molar-refractivity contribution in [3.63, 3.8) is 0 Å². The number of halogens is 1. The molecule has 0 atom stereocenters. The topological polar surface area (TPSA) is 81.2 Å². The molecule has 0 saturated carbocycles. The number of aryl methyl sites for hydroxylation is 1. The number of aromatic nitrogens is 1. The SMILES string of the molecule is Cc1cc(CNCc2ccc([N+](=O)[O-])cc2Br)no1. The van der Waals surface area contributed by atoms with E-state index in [1.165, 1.54) is 12.1 Å². The predicted octanol–water partition coefficient (Wildman–Crippen LogP) is 2.94. The number of nitrogens with one attached hydrogen (secondary N) is 1. The lowest BCUT2D eigenvalue weighted by atomic mass is 10.2. The van der Waals surface area contributed by atoms with Gasteiger partial charge in [0.05, 0.1) is 10.6 Å². The third kappa shape index (κ3) is 3.62. The number of benzene rings is 1. The number of nitro groups is 1. The molecule has 0 unspecified atom stereocenters. The van der Waals surface area contributed by atoms with Gasteiger partial charge in [0, 0.05) is 35.8 Å². The van der Waals surface area contributed by atoms with Crippen LogP contribution in [0.15, 0.2) is 33.3 Å². The van der Waals surface area contributed by atoms with Gasteiger partial charge in [0.2, 0.25) is 0 Å². The van der Waals surface area contributed by atoms with Crippen LogP contribution in [-0.4, -0.2) is 10.1 Å². The lowest BCUT2D eigenvalue weighted by molar-refractivity contribution is -0.384. The van der Waals surface area contributed by atoms with Crippen LogP contribution in [0, 0.1) is 17.0 Å². The second-order valence-electron chi connectivity index (χ2n) is 4.07. The number of hydrogen-bond donors (Lipinski definition) is 1. The summed E-state index contributed by atoms with van der Waals surface area (Å²) in [5.74, 6) is 0.772. The Morgan fingerprint density at radius 3 is 2.79 bits per heavy atom. The summed E-state index contributed by atoms with van der Waals surface area (Å²) in [5, 5.41) is 17.7. The van der Waals surface area contributed by atoms with Gasteiger partial charge in [0.25, 0.3) is 5.69 Å². The van der Waals surface area contributed by atoms with E-state index in [2.05, 4.69) is 26.4 Å². The van der Waals surface area contributed by atoms with Crippen molar-refractivity contribution in [3.8, 4) is 0 Å². The molecule has 1 heterocycles. The summed E-state index contributed by atoms with van der Waals surface area (Å²) < 4.78 is 5.67. The van der Waals surface area contributed by atoms with Gasteiger partial charge in [-0.05, 0) is 18.6 Å². The highest BCUT2D eigenvalue weighted by Crippen LogP contribution is 2.22. The van der Waals surface area contributed by atoms with E-state index in [9.17, 15) is 10.1 Å². The fourth-order valence-corrected chi connectivity index (χ4v) is 2.13. The first kappa shape index (κ1) is 13.7. The van der Waals surface area contributed by atoms with Crippen molar-refractivity contribution >= 4 is 21.6 Å². The molecule has 0 saturated heterocycles. The third-order valence-corrected chi connectivity index (χ3v) is 3.28. The van der Waals surface area contributed by atoms with E-state index >= 15 is 0 Å². The molecule has 0 aliphatic heterocycles. The van der Waals surface area contributed by atoms with E-state index in [0.29, 0.717) is 17.6 Å². The zero-order chi connectivity index (χ0) is 13.8. The van der Waals surface area contributed by atoms with E-state index in [4.69, 9.17) is 4.52 Å². The minimum atomic E-state index is -0.417. The summed E-state index contributed by atoms with van der Waals surface area (Å²) in [5.41, 5.74) is 1.85. The molecule has 19 heavy (non-hydrogen) atoms. The molecule has 1 N–H and O–H groups in total. The Bertz CT molecular complexity index is 598. The molecule has 2 aromatic rings. The number of nitro benzene ring substituents is 1. The van der Waals surface area contributed by atoms with E-state index in [1.54, 1.807) is 6.07 Å². The second kappa shape index (κ2) is 5.94. The van der Waals surface area contributed by atoms with Crippen molar-refractivity contribution in [1.29, 1.82) is 0 Å². The molecule has 7 heteroatoms. The highest BCUT2D eigenvalue weighted by molar-refractivity contribution is 9.10. The molecule has 0 radical (unpaired) electrons. The first-order valence-corrected chi connectivity index (χ1v) is 6.41. The van der Waals surface area contributed by atoms with E-state index in [0.717, 1.165) is 17.0 Å². The Hall–Kier alpha value is -1.73. The lowest BCUT2D eigenvalue weighted by Crippen LogP contribution is -2.13. The van der Waals surface area contributed by atoms with Gasteiger partial charge in [-0.1, -0.05) is 21.1 Å². The molecule has 1 aromatic heterocycles. The summed E-state index contributed by atoms with van der Waals surface area (Å²) in [6.07, 6.45) is 0. The average Bonchev–Trinajstić information content (AvgIpc) is 2.77. The molecule has 6 nitrogen and oxygen atoms in total. The van der Waals surface area contributed by atoms with E-state index < -0.39 is 4.92 Å². The number of nitrogens with zero attached hydrogens (tertiary/aromatic N) is 2. The molecular formula is C12H12BrN3O3. The maximum absolute atomic E-state index is 10.6.